The van der Waals surface area contributed by atoms with Crippen molar-refractivity contribution in [3.05, 3.63) is 58.7 Å². The van der Waals surface area contributed by atoms with Crippen molar-refractivity contribution in [2.75, 3.05) is 0 Å². The van der Waals surface area contributed by atoms with Crippen molar-refractivity contribution >= 4 is 23.1 Å². The minimum absolute atomic E-state index is 0.193. The molecule has 0 saturated heterocycles. The molecule has 2 aromatic carbocycles. The Morgan fingerprint density at radius 2 is 1.10 bits per heavy atom. The summed E-state index contributed by atoms with van der Waals surface area (Å²) in [4.78, 5) is 26.3. The molecule has 0 bridgehead atoms. The SMILES string of the molecule is CC(C)c1cccc(C(C)C)c1OC(=O)NC(=O)Sc1c(C(C)C)cccc1C(C)C. The Kier molecular flexibility index (Phi) is 8.75. The van der Waals surface area contributed by atoms with Crippen molar-refractivity contribution in [3.63, 3.8) is 0 Å². The van der Waals surface area contributed by atoms with Crippen molar-refractivity contribution in [2.45, 2.75) is 84.0 Å². The van der Waals surface area contributed by atoms with Gasteiger partial charge < -0.3 is 4.74 Å². The molecule has 1 N–H and O–H groups in total. The van der Waals surface area contributed by atoms with E-state index in [9.17, 15) is 9.59 Å². The van der Waals surface area contributed by atoms with Crippen LogP contribution in [0.4, 0.5) is 9.59 Å². The molecule has 0 aliphatic heterocycles. The van der Waals surface area contributed by atoms with Gasteiger partial charge in [-0.15, -0.1) is 0 Å². The van der Waals surface area contributed by atoms with Gasteiger partial charge in [-0.05, 0) is 57.7 Å². The van der Waals surface area contributed by atoms with E-state index in [4.69, 9.17) is 4.74 Å². The molecule has 0 saturated carbocycles. The molecule has 0 heterocycles. The Hall–Kier alpha value is -2.27. The topological polar surface area (TPSA) is 55.4 Å². The van der Waals surface area contributed by atoms with Crippen molar-refractivity contribution in [3.8, 4) is 5.75 Å². The van der Waals surface area contributed by atoms with E-state index in [1.807, 2.05) is 36.4 Å². The van der Waals surface area contributed by atoms with Crippen molar-refractivity contribution in [2.24, 2.45) is 0 Å². The zero-order valence-electron chi connectivity index (χ0n) is 19.9. The van der Waals surface area contributed by atoms with Gasteiger partial charge >= 0.3 is 6.09 Å². The summed E-state index contributed by atoms with van der Waals surface area (Å²) in [6, 6.07) is 12.0. The van der Waals surface area contributed by atoms with Crippen LogP contribution in [-0.2, 0) is 0 Å². The van der Waals surface area contributed by atoms with Gasteiger partial charge in [0, 0.05) is 4.90 Å². The number of amides is 2. The number of para-hydroxylation sites is 1. The molecule has 2 amide bonds. The van der Waals surface area contributed by atoms with Gasteiger partial charge in [-0.25, -0.2) is 4.79 Å². The van der Waals surface area contributed by atoms with E-state index in [0.29, 0.717) is 5.75 Å². The highest BCUT2D eigenvalue weighted by Crippen LogP contribution is 2.37. The maximum absolute atomic E-state index is 12.8. The highest BCUT2D eigenvalue weighted by Gasteiger charge is 2.22. The van der Waals surface area contributed by atoms with Gasteiger partial charge in [0.15, 0.2) is 0 Å². The van der Waals surface area contributed by atoms with E-state index < -0.39 is 11.3 Å². The first-order valence-corrected chi connectivity index (χ1v) is 11.8. The molecular weight excluding hydrogens is 406 g/mol. The second-order valence-corrected chi connectivity index (χ2v) is 10.0. The van der Waals surface area contributed by atoms with E-state index in [0.717, 1.165) is 38.9 Å². The number of benzene rings is 2. The summed E-state index contributed by atoms with van der Waals surface area (Å²) in [5, 5.41) is 1.97. The lowest BCUT2D eigenvalue weighted by Crippen LogP contribution is -2.31. The van der Waals surface area contributed by atoms with Crippen LogP contribution in [0.2, 0.25) is 0 Å². The number of carbonyl (C=O) groups is 2. The summed E-state index contributed by atoms with van der Waals surface area (Å²) >= 11 is 1.06. The number of rotatable bonds is 6. The fourth-order valence-corrected chi connectivity index (χ4v) is 4.68. The first-order valence-electron chi connectivity index (χ1n) is 11.0. The van der Waals surface area contributed by atoms with Crippen LogP contribution in [0, 0.1) is 0 Å². The van der Waals surface area contributed by atoms with E-state index in [1.165, 1.54) is 0 Å². The van der Waals surface area contributed by atoms with Gasteiger partial charge in [-0.3, -0.25) is 10.1 Å². The molecule has 0 aromatic heterocycles. The molecule has 0 fully saturated rings. The minimum Gasteiger partial charge on any atom is -0.409 e. The number of imide groups is 1. The Bertz CT molecular complexity index is 804. The zero-order chi connectivity index (χ0) is 23.3. The largest absolute Gasteiger partial charge is 0.420 e. The summed E-state index contributed by atoms with van der Waals surface area (Å²) in [5.41, 5.74) is 4.11. The Morgan fingerprint density at radius 3 is 1.48 bits per heavy atom. The fraction of sp³-hybridized carbons (Fsp3) is 0.462. The lowest BCUT2D eigenvalue weighted by Gasteiger charge is -2.20. The van der Waals surface area contributed by atoms with Crippen LogP contribution in [-0.4, -0.2) is 11.3 Å². The lowest BCUT2D eigenvalue weighted by atomic mass is 9.94. The third kappa shape index (κ3) is 6.36. The second-order valence-electron chi connectivity index (χ2n) is 9.05. The number of ether oxygens (including phenoxy) is 1. The molecule has 31 heavy (non-hydrogen) atoms. The summed E-state index contributed by atoms with van der Waals surface area (Å²) in [6.07, 6.45) is -0.749. The average Bonchev–Trinajstić information content (AvgIpc) is 2.67. The predicted molar refractivity (Wildman–Crippen MR) is 130 cm³/mol. The summed E-state index contributed by atoms with van der Waals surface area (Å²) in [7, 11) is 0. The molecular formula is C26H35NO3S. The Balaban J connectivity index is 2.24. The number of thioether (sulfide) groups is 1. The lowest BCUT2D eigenvalue weighted by molar-refractivity contribution is 0.200. The maximum Gasteiger partial charge on any atom is 0.420 e. The third-order valence-corrected chi connectivity index (χ3v) is 6.20. The van der Waals surface area contributed by atoms with Crippen LogP contribution in [0.25, 0.3) is 0 Å². The molecule has 0 spiro atoms. The van der Waals surface area contributed by atoms with Crippen LogP contribution in [0.15, 0.2) is 41.3 Å². The van der Waals surface area contributed by atoms with Gasteiger partial charge in [0.25, 0.3) is 5.24 Å². The number of nitrogens with one attached hydrogen (secondary N) is 1. The normalized spacial score (nSPS) is 11.5. The minimum atomic E-state index is -0.749. The van der Waals surface area contributed by atoms with Crippen LogP contribution in [0.5, 0.6) is 5.75 Å². The standard InChI is InChI=1S/C26H35NO3S/c1-15(2)19-11-9-12-20(16(3)4)23(19)30-25(28)27-26(29)31-24-21(17(5)6)13-10-14-22(24)18(7)8/h9-18H,1-8H3,(H,27,28,29). The van der Waals surface area contributed by atoms with Gasteiger partial charge in [0.05, 0.1) is 0 Å². The maximum atomic E-state index is 12.8. The highest BCUT2D eigenvalue weighted by atomic mass is 32.2. The molecule has 4 nitrogen and oxygen atoms in total. The number of carbonyl (C=O) groups excluding carboxylic acids is 2. The van der Waals surface area contributed by atoms with Crippen LogP contribution in [0.1, 0.15) is 101 Å². The van der Waals surface area contributed by atoms with E-state index in [-0.39, 0.29) is 23.7 Å². The smallest absolute Gasteiger partial charge is 0.409 e. The average molecular weight is 442 g/mol. The van der Waals surface area contributed by atoms with Gasteiger partial charge in [-0.1, -0.05) is 91.8 Å². The molecule has 5 heteroatoms. The third-order valence-electron chi connectivity index (χ3n) is 5.23. The van der Waals surface area contributed by atoms with E-state index in [1.54, 1.807) is 0 Å². The first kappa shape index (κ1) is 25.0. The van der Waals surface area contributed by atoms with Crippen LogP contribution >= 0.6 is 11.8 Å². The van der Waals surface area contributed by atoms with Crippen molar-refractivity contribution in [1.29, 1.82) is 0 Å². The molecule has 2 rings (SSSR count). The molecule has 0 radical (unpaired) electrons. The van der Waals surface area contributed by atoms with Crippen molar-refractivity contribution < 1.29 is 14.3 Å². The first-order chi connectivity index (χ1) is 14.5. The fourth-order valence-electron chi connectivity index (χ4n) is 3.52. The number of hydrogen-bond donors (Lipinski definition) is 1. The molecule has 0 unspecified atom stereocenters. The highest BCUT2D eigenvalue weighted by molar-refractivity contribution is 8.13. The Labute approximate surface area is 191 Å². The molecule has 0 aliphatic carbocycles. The van der Waals surface area contributed by atoms with E-state index >= 15 is 0 Å². The monoisotopic (exact) mass is 441 g/mol. The van der Waals surface area contributed by atoms with Gasteiger partial charge in [0.1, 0.15) is 5.75 Å². The number of hydrogen-bond acceptors (Lipinski definition) is 4. The van der Waals surface area contributed by atoms with Gasteiger partial charge in [0.2, 0.25) is 0 Å². The molecule has 0 aliphatic rings. The summed E-state index contributed by atoms with van der Waals surface area (Å²) in [6.45, 7) is 16.6. The summed E-state index contributed by atoms with van der Waals surface area (Å²) in [5.74, 6) is 1.48. The van der Waals surface area contributed by atoms with E-state index in [2.05, 4.69) is 60.7 Å². The Morgan fingerprint density at radius 1 is 0.710 bits per heavy atom. The van der Waals surface area contributed by atoms with Gasteiger partial charge in [-0.2, -0.15) is 0 Å². The molecule has 0 atom stereocenters. The quantitative estimate of drug-likeness (QED) is 0.459. The second kappa shape index (κ2) is 10.9. The van der Waals surface area contributed by atoms with Crippen molar-refractivity contribution in [1.82, 2.24) is 5.32 Å². The zero-order valence-corrected chi connectivity index (χ0v) is 20.7. The van der Waals surface area contributed by atoms with Crippen LogP contribution in [0.3, 0.4) is 0 Å². The molecule has 2 aromatic rings. The molecule has 168 valence electrons. The summed E-state index contributed by atoms with van der Waals surface area (Å²) < 4.78 is 5.68. The van der Waals surface area contributed by atoms with Crippen LogP contribution < -0.4 is 10.1 Å². The predicted octanol–water partition coefficient (Wildman–Crippen LogP) is 8.18.